The Balaban J connectivity index is 2.38. The van der Waals surface area contributed by atoms with Gasteiger partial charge in [-0.1, -0.05) is 49.4 Å². The van der Waals surface area contributed by atoms with Crippen LogP contribution in [0.3, 0.4) is 0 Å². The van der Waals surface area contributed by atoms with Crippen LogP contribution in [0.1, 0.15) is 23.6 Å². The lowest BCUT2D eigenvalue weighted by Gasteiger charge is -2.08. The summed E-state index contributed by atoms with van der Waals surface area (Å²) in [7, 11) is 0. The van der Waals surface area contributed by atoms with Gasteiger partial charge in [0.2, 0.25) is 0 Å². The highest BCUT2D eigenvalue weighted by Gasteiger charge is 2.02. The molecule has 1 nitrogen and oxygen atoms in total. The van der Waals surface area contributed by atoms with Crippen molar-refractivity contribution in [3.63, 3.8) is 0 Å². The minimum absolute atomic E-state index is 0.607. The lowest BCUT2D eigenvalue weighted by molar-refractivity contribution is 1.07. The molecule has 0 aliphatic carbocycles. The Bertz CT molecular complexity index is 497. The highest BCUT2D eigenvalue weighted by Crippen LogP contribution is 2.24. The van der Waals surface area contributed by atoms with E-state index in [1.165, 1.54) is 27.8 Å². The Morgan fingerprint density at radius 3 is 2.12 bits per heavy atom. The van der Waals surface area contributed by atoms with Crippen molar-refractivity contribution in [2.24, 2.45) is 5.73 Å². The average molecular weight is 225 g/mol. The highest BCUT2D eigenvalue weighted by atomic mass is 14.5. The van der Waals surface area contributed by atoms with Gasteiger partial charge in [0.05, 0.1) is 0 Å². The van der Waals surface area contributed by atoms with Crippen molar-refractivity contribution < 1.29 is 0 Å². The zero-order valence-electron chi connectivity index (χ0n) is 10.5. The Morgan fingerprint density at radius 1 is 0.941 bits per heavy atom. The summed E-state index contributed by atoms with van der Waals surface area (Å²) in [6.07, 6.45) is 1.09. The molecular formula is C16H19N. The van der Waals surface area contributed by atoms with E-state index in [4.69, 9.17) is 5.73 Å². The van der Waals surface area contributed by atoms with E-state index in [9.17, 15) is 0 Å². The summed E-state index contributed by atoms with van der Waals surface area (Å²) in [4.78, 5) is 0. The fraction of sp³-hybridized carbons (Fsp3) is 0.250. The number of nitrogens with two attached hydrogens (primary N) is 1. The number of hydrogen-bond acceptors (Lipinski definition) is 1. The van der Waals surface area contributed by atoms with E-state index >= 15 is 0 Å². The molecule has 0 amide bonds. The fourth-order valence-electron chi connectivity index (χ4n) is 2.10. The van der Waals surface area contributed by atoms with Gasteiger partial charge in [-0.05, 0) is 41.2 Å². The lowest BCUT2D eigenvalue weighted by Crippen LogP contribution is -1.97. The Hall–Kier alpha value is -1.60. The van der Waals surface area contributed by atoms with Gasteiger partial charge in [0.1, 0.15) is 0 Å². The molecule has 2 aromatic rings. The maximum Gasteiger partial charge on any atom is 0.0178 e. The maximum atomic E-state index is 5.65. The molecule has 1 heteroatoms. The van der Waals surface area contributed by atoms with Gasteiger partial charge in [-0.2, -0.15) is 0 Å². The molecule has 0 aliphatic rings. The number of benzene rings is 2. The smallest absolute Gasteiger partial charge is 0.0178 e. The van der Waals surface area contributed by atoms with Gasteiger partial charge in [0.25, 0.3) is 0 Å². The first-order valence-corrected chi connectivity index (χ1v) is 6.13. The van der Waals surface area contributed by atoms with Gasteiger partial charge in [-0.3, -0.25) is 0 Å². The molecule has 0 radical (unpaired) electrons. The summed E-state index contributed by atoms with van der Waals surface area (Å²) in [5.41, 5.74) is 12.1. The van der Waals surface area contributed by atoms with E-state index in [0.29, 0.717) is 6.54 Å². The van der Waals surface area contributed by atoms with Crippen molar-refractivity contribution in [1.82, 2.24) is 0 Å². The normalized spacial score (nSPS) is 10.5. The second-order valence-corrected chi connectivity index (χ2v) is 4.40. The van der Waals surface area contributed by atoms with Crippen LogP contribution in [-0.2, 0) is 13.0 Å². The average Bonchev–Trinajstić information content (AvgIpc) is 2.39. The van der Waals surface area contributed by atoms with Crippen molar-refractivity contribution >= 4 is 0 Å². The van der Waals surface area contributed by atoms with Crippen LogP contribution in [0, 0.1) is 6.92 Å². The number of aryl methyl sites for hydroxylation is 2. The first-order chi connectivity index (χ1) is 8.24. The van der Waals surface area contributed by atoms with Crippen LogP contribution in [0.5, 0.6) is 0 Å². The highest BCUT2D eigenvalue weighted by molar-refractivity contribution is 5.67. The predicted octanol–water partition coefficient (Wildman–Crippen LogP) is 3.68. The standard InChI is InChI=1S/C16H19N/c1-3-13-4-7-15(8-5-13)16-9-6-14(11-17)10-12(16)2/h4-10H,3,11,17H2,1-2H3. The number of rotatable bonds is 3. The van der Waals surface area contributed by atoms with Crippen LogP contribution in [0.15, 0.2) is 42.5 Å². The van der Waals surface area contributed by atoms with Crippen LogP contribution in [0.2, 0.25) is 0 Å². The zero-order chi connectivity index (χ0) is 12.3. The molecule has 17 heavy (non-hydrogen) atoms. The second kappa shape index (κ2) is 5.15. The van der Waals surface area contributed by atoms with E-state index < -0.39 is 0 Å². The van der Waals surface area contributed by atoms with E-state index in [1.54, 1.807) is 0 Å². The third-order valence-corrected chi connectivity index (χ3v) is 3.20. The molecule has 0 atom stereocenters. The molecule has 0 saturated carbocycles. The van der Waals surface area contributed by atoms with Gasteiger partial charge in [0.15, 0.2) is 0 Å². The molecule has 0 saturated heterocycles. The topological polar surface area (TPSA) is 26.0 Å². The largest absolute Gasteiger partial charge is 0.326 e. The molecule has 0 spiro atoms. The summed E-state index contributed by atoms with van der Waals surface area (Å²) < 4.78 is 0. The molecule has 2 aromatic carbocycles. The lowest BCUT2D eigenvalue weighted by atomic mass is 9.97. The monoisotopic (exact) mass is 225 g/mol. The van der Waals surface area contributed by atoms with Gasteiger partial charge in [-0.15, -0.1) is 0 Å². The molecule has 0 heterocycles. The van der Waals surface area contributed by atoms with E-state index in [2.05, 4.69) is 56.3 Å². The summed E-state index contributed by atoms with van der Waals surface area (Å²) in [5, 5.41) is 0. The van der Waals surface area contributed by atoms with E-state index in [-0.39, 0.29) is 0 Å². The van der Waals surface area contributed by atoms with Crippen molar-refractivity contribution in [1.29, 1.82) is 0 Å². The van der Waals surface area contributed by atoms with Crippen LogP contribution < -0.4 is 5.73 Å². The molecule has 0 aromatic heterocycles. The Labute approximate surface area is 103 Å². The second-order valence-electron chi connectivity index (χ2n) is 4.40. The van der Waals surface area contributed by atoms with Crippen LogP contribution in [0.25, 0.3) is 11.1 Å². The number of hydrogen-bond donors (Lipinski definition) is 1. The first-order valence-electron chi connectivity index (χ1n) is 6.13. The third-order valence-electron chi connectivity index (χ3n) is 3.20. The predicted molar refractivity (Wildman–Crippen MR) is 73.9 cm³/mol. The van der Waals surface area contributed by atoms with Crippen molar-refractivity contribution in [2.45, 2.75) is 26.8 Å². The molecule has 0 unspecified atom stereocenters. The third kappa shape index (κ3) is 2.56. The Morgan fingerprint density at radius 2 is 1.59 bits per heavy atom. The van der Waals surface area contributed by atoms with Gasteiger partial charge < -0.3 is 5.73 Å². The zero-order valence-corrected chi connectivity index (χ0v) is 10.5. The Kier molecular flexibility index (Phi) is 3.60. The minimum Gasteiger partial charge on any atom is -0.326 e. The van der Waals surface area contributed by atoms with Crippen LogP contribution in [-0.4, -0.2) is 0 Å². The van der Waals surface area contributed by atoms with Crippen LogP contribution >= 0.6 is 0 Å². The SMILES string of the molecule is CCc1ccc(-c2ccc(CN)cc2C)cc1. The van der Waals surface area contributed by atoms with Gasteiger partial charge in [0, 0.05) is 6.54 Å². The maximum absolute atomic E-state index is 5.65. The van der Waals surface area contributed by atoms with Crippen molar-refractivity contribution in [3.8, 4) is 11.1 Å². The molecule has 88 valence electrons. The summed E-state index contributed by atoms with van der Waals surface area (Å²) in [6, 6.07) is 15.2. The molecule has 2 rings (SSSR count). The van der Waals surface area contributed by atoms with Gasteiger partial charge >= 0.3 is 0 Å². The molecule has 0 fully saturated rings. The van der Waals surface area contributed by atoms with Gasteiger partial charge in [-0.25, -0.2) is 0 Å². The molecule has 2 N–H and O–H groups in total. The first kappa shape index (κ1) is 11.9. The molecule has 0 bridgehead atoms. The summed E-state index contributed by atoms with van der Waals surface area (Å²) in [5.74, 6) is 0. The molecule has 0 aliphatic heterocycles. The fourth-order valence-corrected chi connectivity index (χ4v) is 2.10. The minimum atomic E-state index is 0.607. The van der Waals surface area contributed by atoms with Crippen LogP contribution in [0.4, 0.5) is 0 Å². The quantitative estimate of drug-likeness (QED) is 0.847. The summed E-state index contributed by atoms with van der Waals surface area (Å²) >= 11 is 0. The van der Waals surface area contributed by atoms with Crippen molar-refractivity contribution in [2.75, 3.05) is 0 Å². The van der Waals surface area contributed by atoms with E-state index in [0.717, 1.165) is 6.42 Å². The van der Waals surface area contributed by atoms with Crippen molar-refractivity contribution in [3.05, 3.63) is 59.2 Å². The molecular weight excluding hydrogens is 206 g/mol. The van der Waals surface area contributed by atoms with E-state index in [1.807, 2.05) is 0 Å². The summed E-state index contributed by atoms with van der Waals surface area (Å²) in [6.45, 7) is 4.93.